The Kier molecular flexibility index (Phi) is 7.68. The van der Waals surface area contributed by atoms with Gasteiger partial charge < -0.3 is 28.7 Å². The number of hydrogen-bond donors (Lipinski definition) is 0. The zero-order chi connectivity index (χ0) is 29.1. The van der Waals surface area contributed by atoms with E-state index in [9.17, 15) is 9.59 Å². The lowest BCUT2D eigenvalue weighted by Gasteiger charge is -2.50. The van der Waals surface area contributed by atoms with E-state index in [4.69, 9.17) is 18.9 Å². The van der Waals surface area contributed by atoms with Gasteiger partial charge in [-0.05, 0) is 59.7 Å². The maximum atomic E-state index is 13.4. The minimum absolute atomic E-state index is 0.120. The fourth-order valence-corrected chi connectivity index (χ4v) is 5.58. The van der Waals surface area contributed by atoms with Crippen molar-refractivity contribution < 1.29 is 28.5 Å². The van der Waals surface area contributed by atoms with Gasteiger partial charge in [0.2, 0.25) is 12.2 Å². The van der Waals surface area contributed by atoms with E-state index in [2.05, 4.69) is 0 Å². The molecule has 2 aliphatic heterocycles. The second kappa shape index (κ2) is 11.9. The first kappa shape index (κ1) is 27.2. The summed E-state index contributed by atoms with van der Waals surface area (Å²) in [6, 6.07) is 33.3. The molecular formula is C34H32N2O6. The maximum absolute atomic E-state index is 13.4. The molecule has 0 bridgehead atoms. The number of ether oxygens (including phenoxy) is 4. The Morgan fingerprint density at radius 2 is 0.857 bits per heavy atom. The summed E-state index contributed by atoms with van der Waals surface area (Å²) in [6.45, 7) is 0.696. The molecule has 2 fully saturated rings. The topological polar surface area (TPSA) is 77.5 Å². The van der Waals surface area contributed by atoms with Crippen LogP contribution < -0.4 is 18.9 Å². The summed E-state index contributed by atoms with van der Waals surface area (Å²) in [4.78, 5) is 30.4. The number of β-lactam (4-membered cyclic amide) rings is 2. The molecule has 0 N–H and O–H groups in total. The van der Waals surface area contributed by atoms with Crippen LogP contribution in [0, 0.1) is 0 Å². The summed E-state index contributed by atoms with van der Waals surface area (Å²) in [6.07, 6.45) is -1.33. The molecule has 0 aromatic heterocycles. The van der Waals surface area contributed by atoms with Crippen LogP contribution in [0.4, 0.5) is 0 Å². The number of carbonyl (C=O) groups excluding carboxylic acids is 2. The number of benzene rings is 4. The van der Waals surface area contributed by atoms with Crippen molar-refractivity contribution in [3.8, 4) is 23.0 Å². The summed E-state index contributed by atoms with van der Waals surface area (Å²) in [7, 11) is 3.24. The van der Waals surface area contributed by atoms with Crippen molar-refractivity contribution in [3.63, 3.8) is 0 Å². The molecule has 0 unspecified atom stereocenters. The Balaban J connectivity index is 1.22. The SMILES string of the molecule is COc1ccc([C@@H]2[C@H](Oc3ccccc3)C(=O)N2CCN2C(=O)[C@H](Oc3ccccc3)[C@@H]2c2ccc(OC)cc2)cc1. The number of likely N-dealkylation sites (tertiary alicyclic amines) is 2. The number of para-hydroxylation sites is 2. The Hall–Kier alpha value is -4.98. The van der Waals surface area contributed by atoms with Gasteiger partial charge in [-0.3, -0.25) is 9.59 Å². The second-order valence-corrected chi connectivity index (χ2v) is 10.2. The number of carbonyl (C=O) groups is 2. The lowest BCUT2D eigenvalue weighted by molar-refractivity contribution is -0.172. The second-order valence-electron chi connectivity index (χ2n) is 10.2. The first-order chi connectivity index (χ1) is 20.6. The highest BCUT2D eigenvalue weighted by atomic mass is 16.5. The number of amides is 2. The van der Waals surface area contributed by atoms with E-state index in [0.717, 1.165) is 22.6 Å². The molecule has 0 saturated carbocycles. The molecule has 8 nitrogen and oxygen atoms in total. The van der Waals surface area contributed by atoms with E-state index in [0.29, 0.717) is 24.6 Å². The highest BCUT2D eigenvalue weighted by Crippen LogP contribution is 2.41. The lowest BCUT2D eigenvalue weighted by atomic mass is 9.88. The first-order valence-electron chi connectivity index (χ1n) is 13.9. The molecule has 2 heterocycles. The fraction of sp³-hybridized carbons (Fsp3) is 0.235. The van der Waals surface area contributed by atoms with Gasteiger partial charge in [-0.15, -0.1) is 0 Å². The predicted molar refractivity (Wildman–Crippen MR) is 157 cm³/mol. The molecule has 42 heavy (non-hydrogen) atoms. The minimum atomic E-state index is -0.667. The van der Waals surface area contributed by atoms with E-state index in [-0.39, 0.29) is 23.9 Å². The molecule has 4 aromatic rings. The highest BCUT2D eigenvalue weighted by Gasteiger charge is 2.53. The van der Waals surface area contributed by atoms with Gasteiger partial charge in [-0.2, -0.15) is 0 Å². The van der Waals surface area contributed by atoms with Crippen LogP contribution in [0.5, 0.6) is 23.0 Å². The van der Waals surface area contributed by atoms with Gasteiger partial charge in [0, 0.05) is 13.1 Å². The van der Waals surface area contributed by atoms with Gasteiger partial charge in [0.15, 0.2) is 0 Å². The first-order valence-corrected chi connectivity index (χ1v) is 13.9. The van der Waals surface area contributed by atoms with E-state index in [1.165, 1.54) is 0 Å². The van der Waals surface area contributed by atoms with Crippen LogP contribution in [0.15, 0.2) is 109 Å². The van der Waals surface area contributed by atoms with E-state index >= 15 is 0 Å². The number of hydrogen-bond acceptors (Lipinski definition) is 6. The zero-order valence-electron chi connectivity index (χ0n) is 23.5. The van der Waals surface area contributed by atoms with Crippen molar-refractivity contribution in [2.24, 2.45) is 0 Å². The van der Waals surface area contributed by atoms with Gasteiger partial charge in [0.05, 0.1) is 14.2 Å². The number of methoxy groups -OCH3 is 2. The van der Waals surface area contributed by atoms with Crippen molar-refractivity contribution in [1.29, 1.82) is 0 Å². The Bertz CT molecular complexity index is 1390. The summed E-state index contributed by atoms with van der Waals surface area (Å²) in [5.41, 5.74) is 1.87. The number of nitrogens with zero attached hydrogens (tertiary/aromatic N) is 2. The van der Waals surface area contributed by atoms with Crippen LogP contribution in [0.2, 0.25) is 0 Å². The quantitative estimate of drug-likeness (QED) is 0.237. The smallest absolute Gasteiger partial charge is 0.266 e. The van der Waals surface area contributed by atoms with Crippen LogP contribution in [0.1, 0.15) is 23.2 Å². The van der Waals surface area contributed by atoms with Crippen molar-refractivity contribution >= 4 is 11.8 Å². The Labute approximate surface area is 245 Å². The summed E-state index contributed by atoms with van der Waals surface area (Å²) in [5, 5.41) is 0. The van der Waals surface area contributed by atoms with Crippen LogP contribution in [-0.2, 0) is 9.59 Å². The summed E-state index contributed by atoms with van der Waals surface area (Å²) < 4.78 is 22.9. The van der Waals surface area contributed by atoms with Gasteiger partial charge in [0.25, 0.3) is 11.8 Å². The molecule has 0 radical (unpaired) electrons. The molecule has 4 atom stereocenters. The molecule has 2 aliphatic rings. The van der Waals surface area contributed by atoms with Gasteiger partial charge in [0.1, 0.15) is 35.1 Å². The third-order valence-corrected chi connectivity index (χ3v) is 7.81. The Morgan fingerprint density at radius 1 is 0.500 bits per heavy atom. The minimum Gasteiger partial charge on any atom is -0.497 e. The average molecular weight is 565 g/mol. The van der Waals surface area contributed by atoms with Crippen LogP contribution in [-0.4, -0.2) is 61.1 Å². The van der Waals surface area contributed by atoms with Crippen LogP contribution in [0.25, 0.3) is 0 Å². The van der Waals surface area contributed by atoms with Crippen molar-refractivity contribution in [3.05, 3.63) is 120 Å². The van der Waals surface area contributed by atoms with Crippen molar-refractivity contribution in [2.75, 3.05) is 27.3 Å². The maximum Gasteiger partial charge on any atom is 0.266 e. The van der Waals surface area contributed by atoms with E-state index < -0.39 is 12.2 Å². The molecule has 0 spiro atoms. The largest absolute Gasteiger partial charge is 0.497 e. The van der Waals surface area contributed by atoms with Gasteiger partial charge >= 0.3 is 0 Å². The fourth-order valence-electron chi connectivity index (χ4n) is 5.58. The van der Waals surface area contributed by atoms with Crippen molar-refractivity contribution in [1.82, 2.24) is 9.80 Å². The third kappa shape index (κ3) is 5.23. The van der Waals surface area contributed by atoms with E-state index in [1.807, 2.05) is 109 Å². The molecule has 4 aromatic carbocycles. The van der Waals surface area contributed by atoms with Crippen molar-refractivity contribution in [2.45, 2.75) is 24.3 Å². The Morgan fingerprint density at radius 3 is 1.19 bits per heavy atom. The predicted octanol–water partition coefficient (Wildman–Crippen LogP) is 5.07. The molecule has 0 aliphatic carbocycles. The zero-order valence-corrected chi connectivity index (χ0v) is 23.5. The molecular weight excluding hydrogens is 532 g/mol. The molecule has 6 rings (SSSR count). The molecule has 8 heteroatoms. The van der Waals surface area contributed by atoms with Gasteiger partial charge in [-0.25, -0.2) is 0 Å². The van der Waals surface area contributed by atoms with Crippen LogP contribution in [0.3, 0.4) is 0 Å². The summed E-state index contributed by atoms with van der Waals surface area (Å²) >= 11 is 0. The lowest BCUT2D eigenvalue weighted by Crippen LogP contribution is -2.66. The van der Waals surface area contributed by atoms with Crippen LogP contribution >= 0.6 is 0 Å². The normalized spacial score (nSPS) is 21.3. The standard InChI is InChI=1S/C34H32N2O6/c1-39-25-17-13-23(14-18-25)29-31(41-27-9-5-3-6-10-27)33(37)35(29)21-22-36-30(24-15-19-26(40-2)20-16-24)32(34(36)38)42-28-11-7-4-8-12-28/h3-20,29-32H,21-22H2,1-2H3/t29-,30+,31+,32-. The summed E-state index contributed by atoms with van der Waals surface area (Å²) in [5.74, 6) is 2.49. The van der Waals surface area contributed by atoms with Gasteiger partial charge in [-0.1, -0.05) is 60.7 Å². The molecule has 2 amide bonds. The third-order valence-electron chi connectivity index (χ3n) is 7.81. The van der Waals surface area contributed by atoms with E-state index in [1.54, 1.807) is 24.0 Å². The molecule has 214 valence electrons. The highest BCUT2D eigenvalue weighted by molar-refractivity contribution is 5.90. The average Bonchev–Trinajstić information content (AvgIpc) is 3.05. The monoisotopic (exact) mass is 564 g/mol. The molecule has 2 saturated heterocycles. The number of rotatable bonds is 11.